The Labute approximate surface area is 64.0 Å². The predicted octanol–water partition coefficient (Wildman–Crippen LogP) is -1.95. The second-order valence-electron chi connectivity index (χ2n) is 1.49. The van der Waals surface area contributed by atoms with Crippen LogP contribution in [0.25, 0.3) is 0 Å². The van der Waals surface area contributed by atoms with Gasteiger partial charge in [-0.15, -0.1) is 0 Å². The first-order valence-electron chi connectivity index (χ1n) is 2.57. The smallest absolute Gasteiger partial charge is 0.378 e. The fourth-order valence-electron chi connectivity index (χ4n) is 0.365. The van der Waals surface area contributed by atoms with E-state index in [4.69, 9.17) is 0 Å². The van der Waals surface area contributed by atoms with Gasteiger partial charge in [0, 0.05) is 0 Å². The molecule has 60 valence electrons. The maximum atomic E-state index is 10.5. The van der Waals surface area contributed by atoms with Crippen molar-refractivity contribution in [3.8, 4) is 0 Å². The zero-order valence-corrected chi connectivity index (χ0v) is 5.56. The van der Waals surface area contributed by atoms with E-state index in [2.05, 4.69) is 28.2 Å². The number of carbonyl (C=O) groups excluding carboxylic acids is 2. The summed E-state index contributed by atoms with van der Waals surface area (Å²) in [7, 11) is 4.49. The van der Waals surface area contributed by atoms with Crippen molar-refractivity contribution in [3.05, 3.63) is 0 Å². The topological polar surface area (TPSA) is 87.8 Å². The Morgan fingerprint density at radius 2 is 2.36 bits per heavy atom. The van der Waals surface area contributed by atoms with Crippen LogP contribution in [0.3, 0.4) is 0 Å². The van der Waals surface area contributed by atoms with Crippen LogP contribution in [0.1, 0.15) is 0 Å². The number of carbonyl (C=O) groups is 2. The molecule has 0 aromatic heterocycles. The van der Waals surface area contributed by atoms with E-state index in [1.807, 2.05) is 0 Å². The van der Waals surface area contributed by atoms with Crippen LogP contribution in [-0.4, -0.2) is 33.2 Å². The monoisotopic (exact) mass is 159 g/mol. The molecule has 7 heteroatoms. The predicted molar refractivity (Wildman–Crippen MR) is 32.9 cm³/mol. The summed E-state index contributed by atoms with van der Waals surface area (Å²) in [6.07, 6.45) is -1.18. The normalized spacial score (nSPS) is 11.7. The lowest BCUT2D eigenvalue weighted by Crippen LogP contribution is -2.33. The third-order valence-corrected chi connectivity index (χ3v) is 0.859. The van der Waals surface area contributed by atoms with Crippen molar-refractivity contribution in [2.75, 3.05) is 6.61 Å². The first-order valence-corrected chi connectivity index (χ1v) is 2.57. The highest BCUT2D eigenvalue weighted by atomic mass is 16.7. The summed E-state index contributed by atoms with van der Waals surface area (Å²) in [6.45, 7) is -0.175. The van der Waals surface area contributed by atoms with Crippen LogP contribution in [0.5, 0.6) is 0 Å². The minimum atomic E-state index is -1.18. The molecule has 0 aliphatic carbocycles. The Morgan fingerprint density at radius 3 is 2.73 bits per heavy atom. The Hall–Kier alpha value is -1.08. The third-order valence-electron chi connectivity index (χ3n) is 0.859. The van der Waals surface area contributed by atoms with Crippen molar-refractivity contribution >= 4 is 20.5 Å². The van der Waals surface area contributed by atoms with Gasteiger partial charge in [0.25, 0.3) is 6.47 Å². The molecule has 0 saturated carbocycles. The molecule has 0 aromatic carbocycles. The zero-order valence-electron chi connectivity index (χ0n) is 5.56. The number of hydrogen-bond donors (Lipinski definition) is 1. The van der Waals surface area contributed by atoms with Gasteiger partial charge in [-0.3, -0.25) is 14.4 Å². The largest absolute Gasteiger partial charge is 0.541 e. The third kappa shape index (κ3) is 3.59. The van der Waals surface area contributed by atoms with Crippen molar-refractivity contribution in [1.29, 1.82) is 0 Å². The second kappa shape index (κ2) is 5.69. The molecule has 0 fully saturated rings. The summed E-state index contributed by atoms with van der Waals surface area (Å²) in [5.74, 6) is 3.73. The lowest BCUT2D eigenvalue weighted by atomic mass is 10.4. The highest BCUT2D eigenvalue weighted by Crippen LogP contribution is 1.90. The summed E-state index contributed by atoms with van der Waals surface area (Å²) in [4.78, 5) is 24.2. The molecule has 0 saturated heterocycles. The van der Waals surface area contributed by atoms with E-state index < -0.39 is 12.1 Å². The molecule has 0 amide bonds. The lowest BCUT2D eigenvalue weighted by Gasteiger charge is -2.09. The molecule has 6 nitrogen and oxygen atoms in total. The quantitative estimate of drug-likeness (QED) is 0.284. The van der Waals surface area contributed by atoms with E-state index in [9.17, 15) is 9.59 Å². The Bertz CT molecular complexity index is 140. The SMILES string of the molecule is [B]OC(=O)[C@@H](COC=O)ON. The highest BCUT2D eigenvalue weighted by Gasteiger charge is 2.18. The first-order chi connectivity index (χ1) is 5.26. The van der Waals surface area contributed by atoms with Crippen LogP contribution in [0.15, 0.2) is 0 Å². The summed E-state index contributed by atoms with van der Waals surface area (Å²) in [5, 5.41) is 0. The van der Waals surface area contributed by atoms with Gasteiger partial charge < -0.3 is 9.39 Å². The molecule has 0 bridgehead atoms. The van der Waals surface area contributed by atoms with E-state index in [1.54, 1.807) is 0 Å². The van der Waals surface area contributed by atoms with Crippen LogP contribution in [-0.2, 0) is 23.8 Å². The van der Waals surface area contributed by atoms with Crippen molar-refractivity contribution in [1.82, 2.24) is 0 Å². The van der Waals surface area contributed by atoms with E-state index in [-0.39, 0.29) is 13.1 Å². The molecule has 0 aliphatic rings. The number of nitrogens with two attached hydrogens (primary N) is 1. The molecule has 0 spiro atoms. The average Bonchev–Trinajstić information content (AvgIpc) is 2.05. The molecule has 0 heterocycles. The van der Waals surface area contributed by atoms with E-state index in [0.29, 0.717) is 0 Å². The van der Waals surface area contributed by atoms with Crippen LogP contribution < -0.4 is 5.90 Å². The van der Waals surface area contributed by atoms with Crippen LogP contribution in [0.4, 0.5) is 0 Å². The molecule has 0 unspecified atom stereocenters. The summed E-state index contributed by atoms with van der Waals surface area (Å²) < 4.78 is 7.93. The molecule has 2 N–H and O–H groups in total. The molecule has 0 rings (SSSR count). The molecular weight excluding hydrogens is 153 g/mol. The minimum Gasteiger partial charge on any atom is -0.541 e. The van der Waals surface area contributed by atoms with Gasteiger partial charge in [0.05, 0.1) is 0 Å². The van der Waals surface area contributed by atoms with Crippen LogP contribution in [0, 0.1) is 0 Å². The molecule has 0 aliphatic heterocycles. The number of hydrogen-bond acceptors (Lipinski definition) is 6. The fraction of sp³-hybridized carbons (Fsp3) is 0.500. The molecule has 2 radical (unpaired) electrons. The van der Waals surface area contributed by atoms with Gasteiger partial charge in [-0.2, -0.15) is 0 Å². The molecular formula is C4H6BNO5. The summed E-state index contributed by atoms with van der Waals surface area (Å²) >= 11 is 0. The molecule has 0 aromatic rings. The minimum absolute atomic E-state index is 0.149. The van der Waals surface area contributed by atoms with E-state index in [0.717, 1.165) is 0 Å². The van der Waals surface area contributed by atoms with Crippen molar-refractivity contribution in [3.63, 3.8) is 0 Å². The number of rotatable bonds is 5. The molecule has 11 heavy (non-hydrogen) atoms. The first kappa shape index (κ1) is 9.92. The van der Waals surface area contributed by atoms with Crippen molar-refractivity contribution < 1.29 is 23.8 Å². The lowest BCUT2D eigenvalue weighted by molar-refractivity contribution is -0.153. The van der Waals surface area contributed by atoms with Gasteiger partial charge in [0.15, 0.2) is 0 Å². The standard InChI is InChI=1S/C4H6BNO5/c5-10-4(8)3(11-6)1-9-2-7/h2-3H,1,6H2/t3-/m1/s1. The Balaban J connectivity index is 3.74. The van der Waals surface area contributed by atoms with Crippen molar-refractivity contribution in [2.24, 2.45) is 5.90 Å². The van der Waals surface area contributed by atoms with Crippen molar-refractivity contribution in [2.45, 2.75) is 6.10 Å². The van der Waals surface area contributed by atoms with Gasteiger partial charge in [0.2, 0.25) is 6.10 Å². The van der Waals surface area contributed by atoms with Gasteiger partial charge in [-0.05, 0) is 0 Å². The van der Waals surface area contributed by atoms with Gasteiger partial charge in [0.1, 0.15) is 6.61 Å². The van der Waals surface area contributed by atoms with Crippen LogP contribution in [0.2, 0.25) is 0 Å². The summed E-state index contributed by atoms with van der Waals surface area (Å²) in [5.41, 5.74) is 0. The van der Waals surface area contributed by atoms with E-state index >= 15 is 0 Å². The van der Waals surface area contributed by atoms with Crippen LogP contribution >= 0.6 is 0 Å². The Morgan fingerprint density at radius 1 is 1.73 bits per heavy atom. The van der Waals surface area contributed by atoms with E-state index in [1.165, 1.54) is 0 Å². The fourth-order valence-corrected chi connectivity index (χ4v) is 0.365. The Kier molecular flexibility index (Phi) is 5.13. The zero-order chi connectivity index (χ0) is 8.69. The second-order valence-corrected chi connectivity index (χ2v) is 1.49. The highest BCUT2D eigenvalue weighted by molar-refractivity contribution is 6.06. The van der Waals surface area contributed by atoms with Gasteiger partial charge in [-0.1, -0.05) is 0 Å². The van der Waals surface area contributed by atoms with Gasteiger partial charge in [-0.25, -0.2) is 5.90 Å². The van der Waals surface area contributed by atoms with Gasteiger partial charge >= 0.3 is 14.0 Å². The maximum Gasteiger partial charge on any atom is 0.378 e. The maximum absolute atomic E-state index is 10.5. The summed E-state index contributed by atoms with van der Waals surface area (Å²) in [6, 6.07) is 0. The average molecular weight is 159 g/mol. The number of ether oxygens (including phenoxy) is 1. The molecule has 1 atom stereocenters.